The van der Waals surface area contributed by atoms with E-state index in [2.05, 4.69) is 31.9 Å². The van der Waals surface area contributed by atoms with Gasteiger partial charge in [0.2, 0.25) is 0 Å². The third-order valence-corrected chi connectivity index (χ3v) is 4.84. The first-order valence-electron chi connectivity index (χ1n) is 6.61. The van der Waals surface area contributed by atoms with Crippen LogP contribution in [0.5, 0.6) is 0 Å². The maximum atomic E-state index is 12.2. The summed E-state index contributed by atoms with van der Waals surface area (Å²) in [4.78, 5) is 25.8. The van der Waals surface area contributed by atoms with Crippen LogP contribution in [0.4, 0.5) is 5.69 Å². The van der Waals surface area contributed by atoms with Gasteiger partial charge >= 0.3 is 11.9 Å². The summed E-state index contributed by atoms with van der Waals surface area (Å²) in [5, 5.41) is 0. The molecule has 0 aromatic heterocycles. The van der Waals surface area contributed by atoms with Gasteiger partial charge in [0.25, 0.3) is 0 Å². The highest BCUT2D eigenvalue weighted by Crippen LogP contribution is 2.36. The Morgan fingerprint density at radius 2 is 1.78 bits per heavy atom. The van der Waals surface area contributed by atoms with Crippen LogP contribution in [0.2, 0.25) is 0 Å². The SMILES string of the molecule is COC(=O)C1=C(C(=O)OC)N(c2cc(Br)c(C)cc2Br)COC1. The number of carbonyl (C=O) groups is 2. The standard InChI is InChI=1S/C15H15Br2NO5/c1-8-4-11(17)12(5-10(8)16)18-7-23-6-9(14(19)21-2)13(18)15(20)22-3/h4-5H,6-7H2,1-3H3. The van der Waals surface area contributed by atoms with Crippen molar-refractivity contribution in [3.63, 3.8) is 0 Å². The number of esters is 2. The van der Waals surface area contributed by atoms with Gasteiger partial charge < -0.3 is 19.1 Å². The van der Waals surface area contributed by atoms with Gasteiger partial charge in [-0.1, -0.05) is 15.9 Å². The van der Waals surface area contributed by atoms with Gasteiger partial charge in [0.05, 0.1) is 32.1 Å². The minimum atomic E-state index is -0.628. The van der Waals surface area contributed by atoms with Crippen molar-refractivity contribution in [2.45, 2.75) is 6.92 Å². The average molecular weight is 449 g/mol. The van der Waals surface area contributed by atoms with Crippen molar-refractivity contribution in [2.24, 2.45) is 0 Å². The first-order valence-corrected chi connectivity index (χ1v) is 8.20. The molecular formula is C15H15Br2NO5. The minimum absolute atomic E-state index is 0.0156. The van der Waals surface area contributed by atoms with Crippen LogP contribution in [-0.2, 0) is 23.8 Å². The van der Waals surface area contributed by atoms with E-state index in [-0.39, 0.29) is 24.6 Å². The summed E-state index contributed by atoms with van der Waals surface area (Å²) < 4.78 is 16.6. The first kappa shape index (κ1) is 18.0. The predicted octanol–water partition coefficient (Wildman–Crippen LogP) is 2.91. The quantitative estimate of drug-likeness (QED) is 0.662. The fraction of sp³-hybridized carbons (Fsp3) is 0.333. The molecule has 0 bridgehead atoms. The highest BCUT2D eigenvalue weighted by Gasteiger charge is 2.33. The Hall–Kier alpha value is -1.38. The van der Waals surface area contributed by atoms with Crippen LogP contribution in [0.3, 0.4) is 0 Å². The molecule has 8 heteroatoms. The van der Waals surface area contributed by atoms with Gasteiger partial charge in [0, 0.05) is 8.95 Å². The zero-order chi connectivity index (χ0) is 17.1. The van der Waals surface area contributed by atoms with Gasteiger partial charge in [-0.3, -0.25) is 0 Å². The molecule has 0 aliphatic carbocycles. The third kappa shape index (κ3) is 3.59. The van der Waals surface area contributed by atoms with Crippen LogP contribution in [0, 0.1) is 6.92 Å². The number of rotatable bonds is 3. The topological polar surface area (TPSA) is 65.1 Å². The number of benzene rings is 1. The molecule has 0 N–H and O–H groups in total. The molecule has 0 amide bonds. The van der Waals surface area contributed by atoms with Crippen LogP contribution in [0.25, 0.3) is 0 Å². The smallest absolute Gasteiger partial charge is 0.355 e. The van der Waals surface area contributed by atoms with Crippen LogP contribution >= 0.6 is 31.9 Å². The number of hydrogen-bond acceptors (Lipinski definition) is 6. The lowest BCUT2D eigenvalue weighted by Crippen LogP contribution is -2.39. The number of hydrogen-bond donors (Lipinski definition) is 0. The summed E-state index contributed by atoms with van der Waals surface area (Å²) >= 11 is 6.95. The normalized spacial score (nSPS) is 14.7. The Kier molecular flexibility index (Phi) is 5.83. The first-order chi connectivity index (χ1) is 10.9. The number of methoxy groups -OCH3 is 2. The highest BCUT2D eigenvalue weighted by atomic mass is 79.9. The second-order valence-electron chi connectivity index (χ2n) is 4.77. The van der Waals surface area contributed by atoms with Crippen molar-refractivity contribution in [3.05, 3.63) is 37.9 Å². The third-order valence-electron chi connectivity index (χ3n) is 3.35. The molecule has 0 atom stereocenters. The molecule has 1 heterocycles. The fourth-order valence-corrected chi connectivity index (χ4v) is 3.18. The lowest BCUT2D eigenvalue weighted by atomic mass is 10.1. The number of halogens is 2. The molecule has 0 radical (unpaired) electrons. The minimum Gasteiger partial charge on any atom is -0.466 e. The molecular weight excluding hydrogens is 434 g/mol. The number of aryl methyl sites for hydroxylation is 1. The Labute approximate surface area is 150 Å². The van der Waals surface area contributed by atoms with E-state index in [0.717, 1.165) is 14.5 Å². The van der Waals surface area contributed by atoms with E-state index in [1.807, 2.05) is 19.1 Å². The predicted molar refractivity (Wildman–Crippen MR) is 90.9 cm³/mol. The zero-order valence-electron chi connectivity index (χ0n) is 12.8. The molecule has 23 heavy (non-hydrogen) atoms. The summed E-state index contributed by atoms with van der Waals surface area (Å²) in [6.07, 6.45) is 0. The lowest BCUT2D eigenvalue weighted by Gasteiger charge is -2.32. The van der Waals surface area contributed by atoms with Crippen LogP contribution in [0.15, 0.2) is 32.3 Å². The van der Waals surface area contributed by atoms with Gasteiger partial charge in [-0.25, -0.2) is 9.59 Å². The second kappa shape index (κ2) is 7.46. The zero-order valence-corrected chi connectivity index (χ0v) is 16.0. The largest absolute Gasteiger partial charge is 0.466 e. The summed E-state index contributed by atoms with van der Waals surface area (Å²) in [7, 11) is 2.51. The van der Waals surface area contributed by atoms with Gasteiger partial charge in [-0.2, -0.15) is 0 Å². The lowest BCUT2D eigenvalue weighted by molar-refractivity contribution is -0.140. The number of anilines is 1. The molecule has 0 spiro atoms. The van der Waals surface area contributed by atoms with Gasteiger partial charge in [-0.15, -0.1) is 0 Å². The maximum Gasteiger partial charge on any atom is 0.355 e. The van der Waals surface area contributed by atoms with Crippen molar-refractivity contribution >= 4 is 49.5 Å². The molecule has 0 saturated carbocycles. The maximum absolute atomic E-state index is 12.2. The molecule has 2 rings (SSSR count). The fourth-order valence-electron chi connectivity index (χ4n) is 2.18. The van der Waals surface area contributed by atoms with E-state index in [4.69, 9.17) is 14.2 Å². The summed E-state index contributed by atoms with van der Waals surface area (Å²) in [6, 6.07) is 3.74. The van der Waals surface area contributed by atoms with E-state index in [0.29, 0.717) is 5.69 Å². The molecule has 0 fully saturated rings. The average Bonchev–Trinajstić information content (AvgIpc) is 2.56. The molecule has 1 aliphatic rings. The summed E-state index contributed by atoms with van der Waals surface area (Å²) in [5.74, 6) is -1.25. The van der Waals surface area contributed by atoms with E-state index in [9.17, 15) is 9.59 Å². The van der Waals surface area contributed by atoms with Crippen LogP contribution < -0.4 is 4.90 Å². The van der Waals surface area contributed by atoms with Crippen molar-refractivity contribution in [3.8, 4) is 0 Å². The number of nitrogens with zero attached hydrogens (tertiary/aromatic N) is 1. The molecule has 0 saturated heterocycles. The molecule has 1 aliphatic heterocycles. The van der Waals surface area contributed by atoms with E-state index in [1.165, 1.54) is 14.2 Å². The Morgan fingerprint density at radius 3 is 2.39 bits per heavy atom. The summed E-state index contributed by atoms with van der Waals surface area (Å²) in [5.41, 5.74) is 1.93. The van der Waals surface area contributed by atoms with Crippen molar-refractivity contribution in [1.82, 2.24) is 0 Å². The van der Waals surface area contributed by atoms with Crippen molar-refractivity contribution in [1.29, 1.82) is 0 Å². The molecule has 1 aromatic rings. The van der Waals surface area contributed by atoms with E-state index < -0.39 is 11.9 Å². The molecule has 1 aromatic carbocycles. The van der Waals surface area contributed by atoms with Crippen molar-refractivity contribution < 1.29 is 23.8 Å². The van der Waals surface area contributed by atoms with Gasteiger partial charge in [0.15, 0.2) is 0 Å². The Bertz CT molecular complexity index is 687. The molecule has 0 unspecified atom stereocenters. The molecule has 124 valence electrons. The number of ether oxygens (including phenoxy) is 3. The summed E-state index contributed by atoms with van der Waals surface area (Å²) in [6.45, 7) is 2.04. The highest BCUT2D eigenvalue weighted by molar-refractivity contribution is 9.11. The van der Waals surface area contributed by atoms with E-state index >= 15 is 0 Å². The van der Waals surface area contributed by atoms with E-state index in [1.54, 1.807) is 4.90 Å². The van der Waals surface area contributed by atoms with Gasteiger partial charge in [0.1, 0.15) is 12.4 Å². The monoisotopic (exact) mass is 447 g/mol. The molecule has 6 nitrogen and oxygen atoms in total. The Morgan fingerprint density at radius 1 is 1.13 bits per heavy atom. The number of carbonyl (C=O) groups excluding carboxylic acids is 2. The van der Waals surface area contributed by atoms with Gasteiger partial charge in [-0.05, 0) is 40.5 Å². The Balaban J connectivity index is 2.62. The van der Waals surface area contributed by atoms with Crippen molar-refractivity contribution in [2.75, 3.05) is 32.5 Å². The van der Waals surface area contributed by atoms with Crippen LogP contribution in [-0.4, -0.2) is 39.5 Å². The second-order valence-corrected chi connectivity index (χ2v) is 6.48. The van der Waals surface area contributed by atoms with Crippen LogP contribution in [0.1, 0.15) is 5.56 Å².